The van der Waals surface area contributed by atoms with Crippen LogP contribution >= 0.6 is 0 Å². The first-order valence-electron chi connectivity index (χ1n) is 6.67. The maximum atomic E-state index is 11.9. The molecule has 2 N–H and O–H groups in total. The van der Waals surface area contributed by atoms with E-state index in [9.17, 15) is 4.79 Å². The van der Waals surface area contributed by atoms with Crippen LogP contribution in [0.25, 0.3) is 0 Å². The van der Waals surface area contributed by atoms with Crippen molar-refractivity contribution in [1.29, 1.82) is 0 Å². The van der Waals surface area contributed by atoms with Crippen LogP contribution in [0.4, 0.5) is 5.69 Å². The van der Waals surface area contributed by atoms with Gasteiger partial charge in [-0.2, -0.15) is 0 Å². The zero-order chi connectivity index (χ0) is 14.4. The van der Waals surface area contributed by atoms with Crippen LogP contribution in [0.2, 0.25) is 0 Å². The Hall–Kier alpha value is -2.24. The number of nitrogens with one attached hydrogen (secondary N) is 2. The van der Waals surface area contributed by atoms with E-state index < -0.39 is 0 Å². The lowest BCUT2D eigenvalue weighted by Gasteiger charge is -2.29. The second-order valence-corrected chi connectivity index (χ2v) is 4.40. The van der Waals surface area contributed by atoms with Crippen LogP contribution in [-0.4, -0.2) is 45.7 Å². The van der Waals surface area contributed by atoms with E-state index >= 15 is 0 Å². The topological polar surface area (TPSA) is 66.0 Å². The molecule has 0 spiro atoms. The molecule has 0 aliphatic carbocycles. The second kappa shape index (κ2) is 6.79. The predicted molar refractivity (Wildman–Crippen MR) is 79.3 cm³/mol. The zero-order valence-corrected chi connectivity index (χ0v) is 11.8. The molecule has 0 unspecified atom stereocenters. The molecule has 0 atom stereocenters. The Balaban J connectivity index is 1.91. The zero-order valence-electron chi connectivity index (χ0n) is 11.8. The Morgan fingerprint density at radius 3 is 3.00 bits per heavy atom. The first-order chi connectivity index (χ1) is 9.76. The van der Waals surface area contributed by atoms with Crippen LogP contribution in [0.15, 0.2) is 29.3 Å². The fourth-order valence-electron chi connectivity index (χ4n) is 2.12. The van der Waals surface area contributed by atoms with Gasteiger partial charge in [-0.1, -0.05) is 12.1 Å². The lowest BCUT2D eigenvalue weighted by Crippen LogP contribution is -2.41. The standard InChI is InChI=1S/C14H20N4O2/c1-15-14(16-2)17-8-5-9-18-11-6-3-4-7-12(11)20-10-13(18)19/h3-4,6-7H,5,8-10H2,1-2H3,(H2,15,16,17). The SMILES string of the molecule is CN=C(NC)NCCCN1C(=O)COc2ccccc21. The van der Waals surface area contributed by atoms with Gasteiger partial charge < -0.3 is 20.3 Å². The van der Waals surface area contributed by atoms with Crippen molar-refractivity contribution in [1.82, 2.24) is 10.6 Å². The molecule has 6 heteroatoms. The van der Waals surface area contributed by atoms with Crippen molar-refractivity contribution in [2.24, 2.45) is 4.99 Å². The summed E-state index contributed by atoms with van der Waals surface area (Å²) < 4.78 is 5.41. The van der Waals surface area contributed by atoms with Crippen LogP contribution in [0.1, 0.15) is 6.42 Å². The Morgan fingerprint density at radius 1 is 1.45 bits per heavy atom. The minimum atomic E-state index is 0.00157. The number of amides is 1. The van der Waals surface area contributed by atoms with Gasteiger partial charge in [0.1, 0.15) is 5.75 Å². The summed E-state index contributed by atoms with van der Waals surface area (Å²) in [6.07, 6.45) is 0.834. The van der Waals surface area contributed by atoms with Crippen LogP contribution in [0.3, 0.4) is 0 Å². The molecule has 0 saturated carbocycles. The molecule has 1 aliphatic heterocycles. The largest absolute Gasteiger partial charge is 0.482 e. The minimum Gasteiger partial charge on any atom is -0.482 e. The summed E-state index contributed by atoms with van der Waals surface area (Å²) in [5.41, 5.74) is 0.849. The van der Waals surface area contributed by atoms with E-state index in [1.54, 1.807) is 11.9 Å². The number of nitrogens with zero attached hydrogens (tertiary/aromatic N) is 2. The fourth-order valence-corrected chi connectivity index (χ4v) is 2.12. The summed E-state index contributed by atoms with van der Waals surface area (Å²) in [5.74, 6) is 1.52. The van der Waals surface area contributed by atoms with Gasteiger partial charge in [-0.3, -0.25) is 9.79 Å². The molecule has 0 fully saturated rings. The number of ether oxygens (including phenoxy) is 1. The number of guanidine groups is 1. The molecule has 0 radical (unpaired) electrons. The van der Waals surface area contributed by atoms with Gasteiger partial charge in [-0.15, -0.1) is 0 Å². The predicted octanol–water partition coefficient (Wildman–Crippen LogP) is 0.597. The summed E-state index contributed by atoms with van der Waals surface area (Å²) in [6, 6.07) is 7.61. The van der Waals surface area contributed by atoms with E-state index in [-0.39, 0.29) is 12.5 Å². The van der Waals surface area contributed by atoms with E-state index in [4.69, 9.17) is 4.74 Å². The minimum absolute atomic E-state index is 0.00157. The van der Waals surface area contributed by atoms with Crippen molar-refractivity contribution in [3.8, 4) is 5.75 Å². The van der Waals surface area contributed by atoms with Crippen molar-refractivity contribution < 1.29 is 9.53 Å². The third-order valence-electron chi connectivity index (χ3n) is 3.12. The number of para-hydroxylation sites is 2. The quantitative estimate of drug-likeness (QED) is 0.480. The number of carbonyl (C=O) groups is 1. The molecule has 1 aliphatic rings. The molecule has 0 bridgehead atoms. The summed E-state index contributed by atoms with van der Waals surface area (Å²) in [6.45, 7) is 1.52. The fraction of sp³-hybridized carbons (Fsp3) is 0.429. The van der Waals surface area contributed by atoms with E-state index in [0.29, 0.717) is 6.54 Å². The lowest BCUT2D eigenvalue weighted by atomic mass is 10.2. The molecule has 2 rings (SSSR count). The smallest absolute Gasteiger partial charge is 0.265 e. The van der Waals surface area contributed by atoms with Crippen LogP contribution < -0.4 is 20.3 Å². The third-order valence-corrected chi connectivity index (χ3v) is 3.12. The molecule has 1 aromatic rings. The van der Waals surface area contributed by atoms with Gasteiger partial charge in [0.05, 0.1) is 5.69 Å². The highest BCUT2D eigenvalue weighted by Gasteiger charge is 2.24. The van der Waals surface area contributed by atoms with Crippen LogP contribution in [0, 0.1) is 0 Å². The second-order valence-electron chi connectivity index (χ2n) is 4.40. The Kier molecular flexibility index (Phi) is 4.81. The molecular weight excluding hydrogens is 256 g/mol. The van der Waals surface area contributed by atoms with Crippen LogP contribution in [0.5, 0.6) is 5.75 Å². The van der Waals surface area contributed by atoms with Gasteiger partial charge in [0.2, 0.25) is 0 Å². The summed E-state index contributed by atoms with van der Waals surface area (Å²) >= 11 is 0. The van der Waals surface area contributed by atoms with Crippen molar-refractivity contribution in [3.05, 3.63) is 24.3 Å². The Morgan fingerprint density at radius 2 is 2.25 bits per heavy atom. The number of aliphatic imine (C=N–C) groups is 1. The van der Waals surface area contributed by atoms with Gasteiger partial charge >= 0.3 is 0 Å². The maximum Gasteiger partial charge on any atom is 0.265 e. The third kappa shape index (κ3) is 3.20. The van der Waals surface area contributed by atoms with Crippen molar-refractivity contribution in [2.75, 3.05) is 38.7 Å². The van der Waals surface area contributed by atoms with Gasteiger partial charge in [0.25, 0.3) is 5.91 Å². The van der Waals surface area contributed by atoms with Crippen LogP contribution in [-0.2, 0) is 4.79 Å². The molecule has 6 nitrogen and oxygen atoms in total. The number of hydrogen-bond acceptors (Lipinski definition) is 3. The summed E-state index contributed by atoms with van der Waals surface area (Å²) in [4.78, 5) is 17.8. The Labute approximate surface area is 118 Å². The number of anilines is 1. The first kappa shape index (κ1) is 14.2. The molecule has 0 aromatic heterocycles. The molecular formula is C14H20N4O2. The molecule has 0 saturated heterocycles. The normalized spacial score (nSPS) is 14.6. The van der Waals surface area contributed by atoms with Gasteiger partial charge in [0.15, 0.2) is 12.6 Å². The molecule has 1 amide bonds. The highest BCUT2D eigenvalue weighted by atomic mass is 16.5. The monoisotopic (exact) mass is 276 g/mol. The van der Waals surface area contributed by atoms with Crippen molar-refractivity contribution >= 4 is 17.6 Å². The highest BCUT2D eigenvalue weighted by molar-refractivity contribution is 5.97. The molecule has 108 valence electrons. The van der Waals surface area contributed by atoms with E-state index in [0.717, 1.165) is 30.4 Å². The summed E-state index contributed by atoms with van der Waals surface area (Å²) in [7, 11) is 3.54. The maximum absolute atomic E-state index is 11.9. The van der Waals surface area contributed by atoms with E-state index in [2.05, 4.69) is 15.6 Å². The van der Waals surface area contributed by atoms with Gasteiger partial charge in [0, 0.05) is 27.2 Å². The van der Waals surface area contributed by atoms with Crippen molar-refractivity contribution in [3.63, 3.8) is 0 Å². The highest BCUT2D eigenvalue weighted by Crippen LogP contribution is 2.31. The van der Waals surface area contributed by atoms with Gasteiger partial charge in [-0.05, 0) is 18.6 Å². The van der Waals surface area contributed by atoms with Crippen molar-refractivity contribution in [2.45, 2.75) is 6.42 Å². The lowest BCUT2D eigenvalue weighted by molar-refractivity contribution is -0.121. The molecule has 20 heavy (non-hydrogen) atoms. The van der Waals surface area contributed by atoms with Gasteiger partial charge in [-0.25, -0.2) is 0 Å². The molecule has 1 aromatic carbocycles. The number of benzene rings is 1. The average molecular weight is 276 g/mol. The number of fused-ring (bicyclic) bond motifs is 1. The number of carbonyl (C=O) groups excluding carboxylic acids is 1. The van der Waals surface area contributed by atoms with E-state index in [1.807, 2.05) is 31.3 Å². The molecule has 1 heterocycles. The van der Waals surface area contributed by atoms with E-state index in [1.165, 1.54) is 0 Å². The summed E-state index contributed by atoms with van der Waals surface area (Å²) in [5, 5.41) is 6.12. The Bertz CT molecular complexity index is 502. The average Bonchev–Trinajstić information content (AvgIpc) is 2.49. The first-order valence-corrected chi connectivity index (χ1v) is 6.67. The number of hydrogen-bond donors (Lipinski definition) is 2. The number of rotatable bonds is 4.